The summed E-state index contributed by atoms with van der Waals surface area (Å²) in [4.78, 5) is 2.32. The van der Waals surface area contributed by atoms with Crippen molar-refractivity contribution >= 4 is 0 Å². The van der Waals surface area contributed by atoms with Crippen molar-refractivity contribution in [3.05, 3.63) is 29.3 Å². The van der Waals surface area contributed by atoms with Gasteiger partial charge in [0.1, 0.15) is 5.75 Å². The van der Waals surface area contributed by atoms with E-state index < -0.39 is 6.10 Å². The Morgan fingerprint density at radius 2 is 2.14 bits per heavy atom. The molecule has 0 spiro atoms. The highest BCUT2D eigenvalue weighted by atomic mass is 16.5. The number of methoxy groups -OCH3 is 1. The Morgan fingerprint density at radius 1 is 1.33 bits per heavy atom. The van der Waals surface area contributed by atoms with Crippen LogP contribution < -0.4 is 4.74 Å². The molecule has 0 saturated heterocycles. The third-order valence-electron chi connectivity index (χ3n) is 4.35. The fourth-order valence-electron chi connectivity index (χ4n) is 3.14. The summed E-state index contributed by atoms with van der Waals surface area (Å²) in [5, 5.41) is 10.8. The fraction of sp³-hybridized carbons (Fsp3) is 0.647. The van der Waals surface area contributed by atoms with E-state index in [1.54, 1.807) is 7.11 Å². The number of hydrogen-bond acceptors (Lipinski definition) is 4. The average Bonchev–Trinajstić information content (AvgIpc) is 2.52. The number of aliphatic hydroxyl groups excluding tert-OH is 1. The van der Waals surface area contributed by atoms with Gasteiger partial charge in [0.25, 0.3) is 0 Å². The van der Waals surface area contributed by atoms with E-state index in [0.29, 0.717) is 0 Å². The number of nitrogens with zero attached hydrogens (tertiary/aromatic N) is 1. The van der Waals surface area contributed by atoms with Gasteiger partial charge in [0, 0.05) is 19.2 Å². The molecule has 2 rings (SSSR count). The zero-order valence-electron chi connectivity index (χ0n) is 13.3. The van der Waals surface area contributed by atoms with Crippen LogP contribution in [0.3, 0.4) is 0 Å². The summed E-state index contributed by atoms with van der Waals surface area (Å²) in [5.74, 6) is 0.811. The molecule has 21 heavy (non-hydrogen) atoms. The maximum atomic E-state index is 10.8. The predicted octanol–water partition coefficient (Wildman–Crippen LogP) is 2.40. The molecule has 0 heterocycles. The maximum absolute atomic E-state index is 10.8. The lowest BCUT2D eigenvalue weighted by Crippen LogP contribution is -2.43. The number of fused-ring (bicyclic) bond motifs is 1. The molecule has 0 saturated carbocycles. The molecule has 4 nitrogen and oxygen atoms in total. The first-order valence-electron chi connectivity index (χ1n) is 7.87. The van der Waals surface area contributed by atoms with E-state index in [4.69, 9.17) is 9.47 Å². The van der Waals surface area contributed by atoms with Gasteiger partial charge in [0.2, 0.25) is 0 Å². The molecule has 4 heteroatoms. The minimum atomic E-state index is -0.453. The third kappa shape index (κ3) is 3.76. The average molecular weight is 293 g/mol. The van der Waals surface area contributed by atoms with Crippen LogP contribution in [0.2, 0.25) is 0 Å². The van der Waals surface area contributed by atoms with Crippen LogP contribution in [0.5, 0.6) is 5.75 Å². The van der Waals surface area contributed by atoms with Crippen LogP contribution in [0.15, 0.2) is 18.2 Å². The van der Waals surface area contributed by atoms with Crippen LogP contribution in [-0.4, -0.2) is 49.5 Å². The lowest BCUT2D eigenvalue weighted by molar-refractivity contribution is 0.0204. The number of aryl methyl sites for hydroxylation is 1. The van der Waals surface area contributed by atoms with Crippen molar-refractivity contribution in [2.75, 3.05) is 33.4 Å². The van der Waals surface area contributed by atoms with Crippen molar-refractivity contribution in [2.24, 2.45) is 0 Å². The van der Waals surface area contributed by atoms with Crippen molar-refractivity contribution in [1.82, 2.24) is 4.90 Å². The summed E-state index contributed by atoms with van der Waals surface area (Å²) in [7, 11) is 1.66. The molecule has 0 amide bonds. The number of rotatable bonds is 7. The largest absolute Gasteiger partial charge is 0.497 e. The first-order valence-corrected chi connectivity index (χ1v) is 7.87. The summed E-state index contributed by atoms with van der Waals surface area (Å²) < 4.78 is 10.7. The summed E-state index contributed by atoms with van der Waals surface area (Å²) in [6.45, 7) is 7.40. The second-order valence-corrected chi connectivity index (χ2v) is 5.44. The smallest absolute Gasteiger partial charge is 0.119 e. The van der Waals surface area contributed by atoms with Gasteiger partial charge in [-0.05, 0) is 49.6 Å². The highest BCUT2D eigenvalue weighted by Crippen LogP contribution is 2.35. The van der Waals surface area contributed by atoms with Crippen molar-refractivity contribution in [2.45, 2.75) is 38.8 Å². The first kappa shape index (κ1) is 16.3. The zero-order chi connectivity index (χ0) is 15.2. The molecular formula is C17H27NO3. The zero-order valence-corrected chi connectivity index (χ0v) is 13.3. The summed E-state index contributed by atoms with van der Waals surface area (Å²) >= 11 is 0. The van der Waals surface area contributed by atoms with Gasteiger partial charge in [-0.3, -0.25) is 4.90 Å². The molecule has 0 bridgehead atoms. The van der Waals surface area contributed by atoms with E-state index in [9.17, 15) is 5.11 Å². The molecule has 1 aromatic rings. The predicted molar refractivity (Wildman–Crippen MR) is 83.8 cm³/mol. The van der Waals surface area contributed by atoms with Crippen LogP contribution in [0.1, 0.15) is 37.5 Å². The van der Waals surface area contributed by atoms with E-state index in [-0.39, 0.29) is 6.04 Å². The second kappa shape index (κ2) is 7.78. The van der Waals surface area contributed by atoms with Crippen LogP contribution in [0.4, 0.5) is 0 Å². The topological polar surface area (TPSA) is 41.9 Å². The first-order chi connectivity index (χ1) is 10.2. The van der Waals surface area contributed by atoms with Gasteiger partial charge in [-0.2, -0.15) is 0 Å². The van der Waals surface area contributed by atoms with Gasteiger partial charge < -0.3 is 14.6 Å². The Hall–Kier alpha value is -1.10. The molecule has 0 aromatic heterocycles. The summed E-state index contributed by atoms with van der Waals surface area (Å²) in [6, 6.07) is 6.18. The third-order valence-corrected chi connectivity index (χ3v) is 4.35. The van der Waals surface area contributed by atoms with E-state index in [1.165, 1.54) is 5.56 Å². The van der Waals surface area contributed by atoms with Crippen molar-refractivity contribution in [1.29, 1.82) is 0 Å². The lowest BCUT2D eigenvalue weighted by atomic mass is 9.85. The van der Waals surface area contributed by atoms with Gasteiger partial charge >= 0.3 is 0 Å². The van der Waals surface area contributed by atoms with Crippen molar-refractivity contribution in [3.63, 3.8) is 0 Å². The quantitative estimate of drug-likeness (QED) is 0.784. The molecule has 2 atom stereocenters. The van der Waals surface area contributed by atoms with E-state index in [2.05, 4.69) is 17.9 Å². The van der Waals surface area contributed by atoms with Gasteiger partial charge in [-0.15, -0.1) is 0 Å². The highest BCUT2D eigenvalue weighted by Gasteiger charge is 2.31. The number of benzene rings is 1. The maximum Gasteiger partial charge on any atom is 0.119 e. The summed E-state index contributed by atoms with van der Waals surface area (Å²) in [5.41, 5.74) is 2.25. The molecule has 1 N–H and O–H groups in total. The Morgan fingerprint density at radius 3 is 2.81 bits per heavy atom. The number of hydrogen-bond donors (Lipinski definition) is 1. The van der Waals surface area contributed by atoms with E-state index >= 15 is 0 Å². The van der Waals surface area contributed by atoms with Crippen LogP contribution in [-0.2, 0) is 11.2 Å². The second-order valence-electron chi connectivity index (χ2n) is 5.44. The summed E-state index contributed by atoms with van der Waals surface area (Å²) in [6.07, 6.45) is 1.54. The number of aliphatic hydroxyl groups is 1. The van der Waals surface area contributed by atoms with Gasteiger partial charge in [-0.25, -0.2) is 0 Å². The molecule has 1 aromatic carbocycles. The van der Waals surface area contributed by atoms with E-state index in [0.717, 1.165) is 50.5 Å². The van der Waals surface area contributed by atoms with Crippen molar-refractivity contribution in [3.8, 4) is 5.75 Å². The molecule has 2 unspecified atom stereocenters. The van der Waals surface area contributed by atoms with Gasteiger partial charge in [0.05, 0.1) is 19.8 Å². The van der Waals surface area contributed by atoms with Crippen LogP contribution in [0, 0.1) is 0 Å². The van der Waals surface area contributed by atoms with Crippen molar-refractivity contribution < 1.29 is 14.6 Å². The number of likely N-dealkylation sites (N-methyl/N-ethyl adjacent to an activating group) is 1. The SMILES string of the molecule is CCOCCN(CC)C1CCc2ccc(OC)cc2C1O. The van der Waals surface area contributed by atoms with Gasteiger partial charge in [-0.1, -0.05) is 13.0 Å². The highest BCUT2D eigenvalue weighted by molar-refractivity contribution is 5.39. The Balaban J connectivity index is 2.11. The number of ether oxygens (including phenoxy) is 2. The van der Waals surface area contributed by atoms with Crippen LogP contribution in [0.25, 0.3) is 0 Å². The molecule has 0 aliphatic heterocycles. The minimum Gasteiger partial charge on any atom is -0.497 e. The van der Waals surface area contributed by atoms with E-state index in [1.807, 2.05) is 19.1 Å². The minimum absolute atomic E-state index is 0.162. The monoisotopic (exact) mass is 293 g/mol. The molecule has 118 valence electrons. The Labute approximate surface area is 127 Å². The normalized spacial score (nSPS) is 21.4. The standard InChI is InChI=1S/C17H27NO3/c1-4-18(10-11-21-5-2)16-9-7-13-6-8-14(20-3)12-15(13)17(16)19/h6,8,12,16-17,19H,4-5,7,9-11H2,1-3H3. The molecular weight excluding hydrogens is 266 g/mol. The Bertz CT molecular complexity index is 450. The lowest BCUT2D eigenvalue weighted by Gasteiger charge is -2.38. The van der Waals surface area contributed by atoms with Gasteiger partial charge in [0.15, 0.2) is 0 Å². The van der Waals surface area contributed by atoms with Crippen LogP contribution >= 0.6 is 0 Å². The molecule has 1 aliphatic rings. The molecule has 1 aliphatic carbocycles. The fourth-order valence-corrected chi connectivity index (χ4v) is 3.14. The Kier molecular flexibility index (Phi) is 6.03. The molecule has 0 radical (unpaired) electrons. The molecule has 0 fully saturated rings.